The first kappa shape index (κ1) is 17.8. The van der Waals surface area contributed by atoms with Crippen molar-refractivity contribution in [2.45, 2.75) is 19.0 Å². The monoisotopic (exact) mass is 379 g/mol. The molecular weight excluding hydrogens is 361 g/mol. The van der Waals surface area contributed by atoms with Crippen molar-refractivity contribution in [3.8, 4) is 0 Å². The summed E-state index contributed by atoms with van der Waals surface area (Å²) in [6.07, 6.45) is 3.19. The van der Waals surface area contributed by atoms with Crippen molar-refractivity contribution in [3.63, 3.8) is 0 Å². The van der Waals surface area contributed by atoms with E-state index in [4.69, 9.17) is 0 Å². The largest absolute Gasteiger partial charge is 0.330 e. The van der Waals surface area contributed by atoms with E-state index in [9.17, 15) is 17.6 Å². The second kappa shape index (κ2) is 7.49. The number of hydrogen-bond donors (Lipinski definition) is 0. The maximum Gasteiger partial charge on any atom is 0.247 e. The molecule has 25 heavy (non-hydrogen) atoms. The molecule has 132 valence electrons. The van der Waals surface area contributed by atoms with Crippen LogP contribution >= 0.6 is 11.3 Å². The van der Waals surface area contributed by atoms with E-state index >= 15 is 0 Å². The molecule has 1 aromatic carbocycles. The second-order valence-corrected chi connectivity index (χ2v) is 9.22. The summed E-state index contributed by atoms with van der Waals surface area (Å²) in [6, 6.07) is 9.66. The molecule has 1 saturated heterocycles. The smallest absolute Gasteiger partial charge is 0.247 e. The van der Waals surface area contributed by atoms with E-state index in [1.54, 1.807) is 23.1 Å². The topological polar surface area (TPSA) is 54.5 Å². The Balaban J connectivity index is 1.80. The summed E-state index contributed by atoms with van der Waals surface area (Å²) in [5.41, 5.74) is 0.325. The van der Waals surface area contributed by atoms with E-state index in [-0.39, 0.29) is 23.5 Å². The molecule has 0 N–H and O–H groups in total. The average Bonchev–Trinajstić information content (AvgIpc) is 3.20. The molecule has 1 atom stereocenters. The zero-order chi connectivity index (χ0) is 17.9. The lowest BCUT2D eigenvalue weighted by atomic mass is 10.1. The first-order chi connectivity index (χ1) is 11.9. The summed E-state index contributed by atoms with van der Waals surface area (Å²) in [7, 11) is -3.10. The molecule has 1 aliphatic heterocycles. The van der Waals surface area contributed by atoms with E-state index in [1.165, 1.54) is 29.6 Å². The number of sulfone groups is 1. The van der Waals surface area contributed by atoms with Crippen molar-refractivity contribution >= 4 is 33.2 Å². The molecule has 0 aliphatic carbocycles. The van der Waals surface area contributed by atoms with Crippen molar-refractivity contribution in [1.29, 1.82) is 0 Å². The van der Waals surface area contributed by atoms with Gasteiger partial charge in [0.15, 0.2) is 9.84 Å². The van der Waals surface area contributed by atoms with Gasteiger partial charge in [0, 0.05) is 22.6 Å². The van der Waals surface area contributed by atoms with Crippen LogP contribution in [0.2, 0.25) is 0 Å². The van der Waals surface area contributed by atoms with Crippen LogP contribution in [0.4, 0.5) is 4.39 Å². The number of carbonyl (C=O) groups excluding carboxylic acids is 1. The highest BCUT2D eigenvalue weighted by molar-refractivity contribution is 7.91. The van der Waals surface area contributed by atoms with Crippen molar-refractivity contribution in [1.82, 2.24) is 4.90 Å². The van der Waals surface area contributed by atoms with Gasteiger partial charge >= 0.3 is 0 Å². The fourth-order valence-corrected chi connectivity index (χ4v) is 5.28. The van der Waals surface area contributed by atoms with Gasteiger partial charge in [-0.05, 0) is 30.0 Å². The molecular formula is C18H18FNO3S2. The molecule has 0 saturated carbocycles. The van der Waals surface area contributed by atoms with Crippen LogP contribution in [-0.4, -0.2) is 36.8 Å². The van der Waals surface area contributed by atoms with Crippen LogP contribution < -0.4 is 0 Å². The van der Waals surface area contributed by atoms with E-state index in [2.05, 4.69) is 0 Å². The normalized spacial score (nSPS) is 19.3. The molecule has 0 spiro atoms. The third-order valence-electron chi connectivity index (χ3n) is 4.15. The van der Waals surface area contributed by atoms with Gasteiger partial charge in [-0.25, -0.2) is 12.8 Å². The quantitative estimate of drug-likeness (QED) is 0.750. The highest BCUT2D eigenvalue weighted by Gasteiger charge is 2.34. The fraction of sp³-hybridized carbons (Fsp3) is 0.278. The summed E-state index contributed by atoms with van der Waals surface area (Å²) in [5.74, 6) is -0.626. The van der Waals surface area contributed by atoms with Crippen LogP contribution in [0.25, 0.3) is 6.08 Å². The Labute approximate surface area is 150 Å². The molecule has 2 heterocycles. The minimum atomic E-state index is -3.10. The first-order valence-corrected chi connectivity index (χ1v) is 10.6. The molecule has 0 radical (unpaired) electrons. The minimum Gasteiger partial charge on any atom is -0.330 e. The van der Waals surface area contributed by atoms with Gasteiger partial charge in [-0.2, -0.15) is 0 Å². The molecule has 2 aromatic rings. The van der Waals surface area contributed by atoms with Gasteiger partial charge in [0.05, 0.1) is 18.1 Å². The van der Waals surface area contributed by atoms with Crippen LogP contribution in [0.5, 0.6) is 0 Å². The lowest BCUT2D eigenvalue weighted by Crippen LogP contribution is -2.39. The van der Waals surface area contributed by atoms with E-state index < -0.39 is 15.7 Å². The molecule has 1 unspecified atom stereocenters. The van der Waals surface area contributed by atoms with E-state index in [0.29, 0.717) is 18.5 Å². The summed E-state index contributed by atoms with van der Waals surface area (Å²) < 4.78 is 37.3. The van der Waals surface area contributed by atoms with Crippen LogP contribution in [0.15, 0.2) is 47.9 Å². The van der Waals surface area contributed by atoms with Gasteiger partial charge in [0.2, 0.25) is 5.91 Å². The van der Waals surface area contributed by atoms with Gasteiger partial charge in [-0.15, -0.1) is 11.3 Å². The molecule has 3 rings (SSSR count). The fourth-order valence-electron chi connectivity index (χ4n) is 2.85. The third-order valence-corrected chi connectivity index (χ3v) is 6.76. The predicted octanol–water partition coefficient (Wildman–Crippen LogP) is 3.12. The van der Waals surface area contributed by atoms with Gasteiger partial charge < -0.3 is 4.90 Å². The number of benzene rings is 1. The molecule has 1 aromatic heterocycles. The molecule has 4 nitrogen and oxygen atoms in total. The molecule has 0 bridgehead atoms. The van der Waals surface area contributed by atoms with Gasteiger partial charge in [-0.1, -0.05) is 24.3 Å². The summed E-state index contributed by atoms with van der Waals surface area (Å²) in [5, 5.41) is 1.92. The Bertz CT molecular complexity index is 875. The maximum atomic E-state index is 13.7. The maximum absolute atomic E-state index is 13.7. The predicted molar refractivity (Wildman–Crippen MR) is 97.4 cm³/mol. The Morgan fingerprint density at radius 2 is 2.08 bits per heavy atom. The Morgan fingerprint density at radius 3 is 2.72 bits per heavy atom. The standard InChI is InChI=1S/C18H18FNO3S2/c19-17-6-2-1-4-14(17)7-8-18(21)20(12-16-5-3-10-24-16)15-9-11-25(22,23)13-15/h1-8,10,15H,9,11-13H2/b8-7+. The molecule has 1 aliphatic rings. The third kappa shape index (κ3) is 4.55. The van der Waals surface area contributed by atoms with Crippen LogP contribution in [-0.2, 0) is 21.2 Å². The summed E-state index contributed by atoms with van der Waals surface area (Å²) in [4.78, 5) is 15.2. The van der Waals surface area contributed by atoms with E-state index in [0.717, 1.165) is 4.88 Å². The SMILES string of the molecule is O=C(/C=C/c1ccccc1F)N(Cc1cccs1)C1CCS(=O)(=O)C1. The van der Waals surface area contributed by atoms with Crippen LogP contribution in [0.1, 0.15) is 16.9 Å². The number of nitrogens with zero attached hydrogens (tertiary/aromatic N) is 1. The van der Waals surface area contributed by atoms with Gasteiger partial charge in [-0.3, -0.25) is 4.79 Å². The lowest BCUT2D eigenvalue weighted by molar-refractivity contribution is -0.128. The van der Waals surface area contributed by atoms with Gasteiger partial charge in [0.1, 0.15) is 5.82 Å². The van der Waals surface area contributed by atoms with Crippen LogP contribution in [0.3, 0.4) is 0 Å². The van der Waals surface area contributed by atoms with Crippen molar-refractivity contribution in [2.75, 3.05) is 11.5 Å². The number of halogens is 1. The number of thiophene rings is 1. The first-order valence-electron chi connectivity index (χ1n) is 7.91. The molecule has 1 fully saturated rings. The van der Waals surface area contributed by atoms with Crippen LogP contribution in [0, 0.1) is 5.82 Å². The Hall–Kier alpha value is -1.99. The zero-order valence-corrected chi connectivity index (χ0v) is 15.1. The highest BCUT2D eigenvalue weighted by atomic mass is 32.2. The van der Waals surface area contributed by atoms with Crippen molar-refractivity contribution in [2.24, 2.45) is 0 Å². The average molecular weight is 379 g/mol. The van der Waals surface area contributed by atoms with Crippen molar-refractivity contribution in [3.05, 3.63) is 64.1 Å². The van der Waals surface area contributed by atoms with E-state index in [1.807, 2.05) is 17.5 Å². The molecule has 7 heteroatoms. The van der Waals surface area contributed by atoms with Crippen molar-refractivity contribution < 1.29 is 17.6 Å². The number of carbonyl (C=O) groups is 1. The number of hydrogen-bond acceptors (Lipinski definition) is 4. The minimum absolute atomic E-state index is 0.0162. The Morgan fingerprint density at radius 1 is 1.28 bits per heavy atom. The number of amides is 1. The zero-order valence-electron chi connectivity index (χ0n) is 13.5. The second-order valence-electron chi connectivity index (χ2n) is 5.96. The Kier molecular flexibility index (Phi) is 5.34. The number of rotatable bonds is 5. The summed E-state index contributed by atoms with van der Waals surface area (Å²) in [6.45, 7) is 0.359. The summed E-state index contributed by atoms with van der Waals surface area (Å²) >= 11 is 1.52. The lowest BCUT2D eigenvalue weighted by Gasteiger charge is -2.26. The van der Waals surface area contributed by atoms with Gasteiger partial charge in [0.25, 0.3) is 0 Å². The molecule has 1 amide bonds. The highest BCUT2D eigenvalue weighted by Crippen LogP contribution is 2.22.